The lowest BCUT2D eigenvalue weighted by Gasteiger charge is -2.10. The molecule has 1 aromatic heterocycles. The largest absolute Gasteiger partial charge is 0.467 e. The number of hydrogen-bond acceptors (Lipinski definition) is 5. The number of aromatic nitrogens is 1. The number of rotatable bonds is 3. The Morgan fingerprint density at radius 1 is 1.50 bits per heavy atom. The second-order valence-electron chi connectivity index (χ2n) is 4.08. The van der Waals surface area contributed by atoms with Crippen molar-refractivity contribution in [3.63, 3.8) is 0 Å². The summed E-state index contributed by atoms with van der Waals surface area (Å²) in [5, 5.41) is 4.33. The summed E-state index contributed by atoms with van der Waals surface area (Å²) in [6.45, 7) is -1.65. The van der Waals surface area contributed by atoms with Gasteiger partial charge in [-0.3, -0.25) is 20.2 Å². The van der Waals surface area contributed by atoms with Gasteiger partial charge in [-0.05, 0) is 6.07 Å². The van der Waals surface area contributed by atoms with Crippen LogP contribution in [-0.4, -0.2) is 42.1 Å². The molecule has 1 aromatic rings. The van der Waals surface area contributed by atoms with Crippen molar-refractivity contribution >= 4 is 29.4 Å². The molecule has 0 spiro atoms. The molecule has 0 radical (unpaired) electrons. The summed E-state index contributed by atoms with van der Waals surface area (Å²) in [5.74, 6) is -1.52. The van der Waals surface area contributed by atoms with E-state index in [0.29, 0.717) is 0 Å². The van der Waals surface area contributed by atoms with Crippen LogP contribution in [0.1, 0.15) is 10.4 Å². The number of nitrogens with zero attached hydrogens (tertiary/aromatic N) is 2. The lowest BCUT2D eigenvalue weighted by Crippen LogP contribution is -2.40. The first-order chi connectivity index (χ1) is 10.2. The maximum absolute atomic E-state index is 12.0. The minimum Gasteiger partial charge on any atom is -0.467 e. The highest BCUT2D eigenvalue weighted by molar-refractivity contribution is 6.32. The van der Waals surface area contributed by atoms with Crippen LogP contribution in [0.2, 0.25) is 5.02 Å². The first kappa shape index (κ1) is 16.0. The van der Waals surface area contributed by atoms with Crippen molar-refractivity contribution in [2.45, 2.75) is 6.18 Å². The Labute approximate surface area is 126 Å². The molecular formula is C11H8ClF3N4O3. The van der Waals surface area contributed by atoms with Gasteiger partial charge in [-0.15, -0.1) is 0 Å². The fraction of sp³-hybridized carbons (Fsp3) is 0.273. The van der Waals surface area contributed by atoms with Crippen molar-refractivity contribution in [2.75, 3.05) is 13.2 Å². The van der Waals surface area contributed by atoms with E-state index in [4.69, 9.17) is 11.6 Å². The molecule has 0 fully saturated rings. The van der Waals surface area contributed by atoms with Gasteiger partial charge in [0.2, 0.25) is 17.7 Å². The maximum Gasteiger partial charge on any atom is 0.422 e. The van der Waals surface area contributed by atoms with Gasteiger partial charge in [0.1, 0.15) is 11.6 Å². The molecule has 2 rings (SSSR count). The molecular weight excluding hydrogens is 329 g/mol. The van der Waals surface area contributed by atoms with Crippen LogP contribution >= 0.6 is 11.6 Å². The van der Waals surface area contributed by atoms with Gasteiger partial charge < -0.3 is 4.74 Å². The molecule has 0 saturated carbocycles. The van der Waals surface area contributed by atoms with E-state index in [9.17, 15) is 22.8 Å². The Morgan fingerprint density at radius 3 is 2.77 bits per heavy atom. The SMILES string of the molecule is O=C1CN=C(NC(=O)c2cnc(OCC(F)(F)F)c(Cl)c2)N1. The van der Waals surface area contributed by atoms with Crippen LogP contribution in [0.25, 0.3) is 0 Å². The van der Waals surface area contributed by atoms with Crippen LogP contribution in [0, 0.1) is 0 Å². The Balaban J connectivity index is 2.02. The smallest absolute Gasteiger partial charge is 0.422 e. The van der Waals surface area contributed by atoms with Crippen LogP contribution in [0.5, 0.6) is 5.88 Å². The molecule has 22 heavy (non-hydrogen) atoms. The highest BCUT2D eigenvalue weighted by Crippen LogP contribution is 2.24. The molecule has 0 aromatic carbocycles. The number of alkyl halides is 3. The van der Waals surface area contributed by atoms with E-state index >= 15 is 0 Å². The van der Waals surface area contributed by atoms with Crippen molar-refractivity contribution in [3.8, 4) is 5.88 Å². The van der Waals surface area contributed by atoms with E-state index in [1.807, 2.05) is 0 Å². The standard InChI is InChI=1S/C11H8ClF3N4O3/c12-6-1-5(2-16-9(6)22-4-11(13,14)15)8(21)19-10-17-3-7(20)18-10/h1-2H,3-4H2,(H2,17,18,19,20,21). The molecule has 11 heteroatoms. The van der Waals surface area contributed by atoms with Crippen LogP contribution in [0.4, 0.5) is 13.2 Å². The topological polar surface area (TPSA) is 92.7 Å². The summed E-state index contributed by atoms with van der Waals surface area (Å²) in [6, 6.07) is 1.09. The van der Waals surface area contributed by atoms with Crippen molar-refractivity contribution in [1.82, 2.24) is 15.6 Å². The van der Waals surface area contributed by atoms with Gasteiger partial charge in [0.25, 0.3) is 5.91 Å². The third-order valence-corrected chi connectivity index (χ3v) is 2.58. The molecule has 0 aliphatic carbocycles. The molecule has 2 heterocycles. The first-order valence-corrected chi connectivity index (χ1v) is 6.13. The third-order valence-electron chi connectivity index (χ3n) is 2.31. The second-order valence-corrected chi connectivity index (χ2v) is 4.49. The van der Waals surface area contributed by atoms with Crippen LogP contribution < -0.4 is 15.4 Å². The number of pyridine rings is 1. The number of amides is 2. The first-order valence-electron chi connectivity index (χ1n) is 5.75. The molecule has 7 nitrogen and oxygen atoms in total. The van der Waals surface area contributed by atoms with Gasteiger partial charge in [0, 0.05) is 6.20 Å². The number of nitrogens with one attached hydrogen (secondary N) is 2. The zero-order valence-electron chi connectivity index (χ0n) is 10.7. The Bertz CT molecular complexity index is 648. The van der Waals surface area contributed by atoms with Gasteiger partial charge in [-0.1, -0.05) is 11.6 Å². The Morgan fingerprint density at radius 2 is 2.23 bits per heavy atom. The maximum atomic E-state index is 12.0. The summed E-state index contributed by atoms with van der Waals surface area (Å²) in [4.78, 5) is 30.0. The van der Waals surface area contributed by atoms with E-state index in [0.717, 1.165) is 12.3 Å². The summed E-state index contributed by atoms with van der Waals surface area (Å²) in [5.41, 5.74) is -0.0341. The van der Waals surface area contributed by atoms with E-state index in [1.165, 1.54) is 0 Å². The molecule has 0 atom stereocenters. The summed E-state index contributed by atoms with van der Waals surface area (Å²) < 4.78 is 40.5. The molecule has 0 saturated heterocycles. The summed E-state index contributed by atoms with van der Waals surface area (Å²) in [7, 11) is 0. The minimum absolute atomic E-state index is 0.0245. The van der Waals surface area contributed by atoms with Crippen molar-refractivity contribution in [2.24, 2.45) is 4.99 Å². The summed E-state index contributed by atoms with van der Waals surface area (Å²) in [6.07, 6.45) is -3.54. The summed E-state index contributed by atoms with van der Waals surface area (Å²) >= 11 is 5.71. The van der Waals surface area contributed by atoms with Crippen molar-refractivity contribution in [3.05, 3.63) is 22.8 Å². The molecule has 118 valence electrons. The van der Waals surface area contributed by atoms with Crippen LogP contribution in [-0.2, 0) is 4.79 Å². The van der Waals surface area contributed by atoms with Gasteiger partial charge in [0.15, 0.2) is 6.61 Å². The number of hydrogen-bond donors (Lipinski definition) is 2. The molecule has 0 unspecified atom stereocenters. The second kappa shape index (κ2) is 6.18. The normalized spacial score (nSPS) is 14.4. The quantitative estimate of drug-likeness (QED) is 0.857. The minimum atomic E-state index is -4.53. The lowest BCUT2D eigenvalue weighted by molar-refractivity contribution is -0.154. The monoisotopic (exact) mass is 336 g/mol. The van der Waals surface area contributed by atoms with E-state index < -0.39 is 24.6 Å². The number of carbonyl (C=O) groups excluding carboxylic acids is 2. The lowest BCUT2D eigenvalue weighted by atomic mass is 10.2. The van der Waals surface area contributed by atoms with E-state index in [1.54, 1.807) is 0 Å². The molecule has 2 N–H and O–H groups in total. The third kappa shape index (κ3) is 4.32. The number of aliphatic imine (C=N–C) groups is 1. The number of carbonyl (C=O) groups is 2. The molecule has 1 aliphatic rings. The van der Waals surface area contributed by atoms with Crippen LogP contribution in [0.15, 0.2) is 17.3 Å². The van der Waals surface area contributed by atoms with Gasteiger partial charge in [-0.25, -0.2) is 9.98 Å². The Hall–Kier alpha value is -2.36. The number of halogens is 4. The number of ether oxygens (including phenoxy) is 1. The van der Waals surface area contributed by atoms with Gasteiger partial charge in [0.05, 0.1) is 5.56 Å². The van der Waals surface area contributed by atoms with Crippen LogP contribution in [0.3, 0.4) is 0 Å². The molecule has 1 aliphatic heterocycles. The fourth-order valence-electron chi connectivity index (χ4n) is 1.42. The zero-order chi connectivity index (χ0) is 16.3. The highest BCUT2D eigenvalue weighted by atomic mass is 35.5. The van der Waals surface area contributed by atoms with Crippen molar-refractivity contribution < 1.29 is 27.5 Å². The fourth-order valence-corrected chi connectivity index (χ4v) is 1.64. The molecule has 2 amide bonds. The van der Waals surface area contributed by atoms with Gasteiger partial charge >= 0.3 is 6.18 Å². The average molecular weight is 337 g/mol. The molecule has 0 bridgehead atoms. The van der Waals surface area contributed by atoms with E-state index in [2.05, 4.69) is 25.3 Å². The predicted molar refractivity (Wildman–Crippen MR) is 68.7 cm³/mol. The average Bonchev–Trinajstić information content (AvgIpc) is 2.81. The zero-order valence-corrected chi connectivity index (χ0v) is 11.5. The number of guanidine groups is 1. The Kier molecular flexibility index (Phi) is 4.50. The van der Waals surface area contributed by atoms with E-state index in [-0.39, 0.29) is 29.0 Å². The van der Waals surface area contributed by atoms with Gasteiger partial charge in [-0.2, -0.15) is 13.2 Å². The predicted octanol–water partition coefficient (Wildman–Crippen LogP) is 0.892. The van der Waals surface area contributed by atoms with Crippen molar-refractivity contribution in [1.29, 1.82) is 0 Å². The highest BCUT2D eigenvalue weighted by Gasteiger charge is 2.29.